The van der Waals surface area contributed by atoms with E-state index in [4.69, 9.17) is 9.47 Å². The Balaban J connectivity index is 2.03. The Kier molecular flexibility index (Phi) is 4.78. The molecule has 7 unspecified atom stereocenters. The number of carbonyl (C=O) groups is 2. The van der Waals surface area contributed by atoms with Crippen LogP contribution in [-0.2, 0) is 19.1 Å². The van der Waals surface area contributed by atoms with Crippen LogP contribution in [0, 0.1) is 17.8 Å². The average molecular weight is 364 g/mol. The first-order valence-corrected chi connectivity index (χ1v) is 9.22. The molecule has 1 saturated heterocycles. The molecular weight excluding hydrogens is 336 g/mol. The Morgan fingerprint density at radius 2 is 2.04 bits per heavy atom. The van der Waals surface area contributed by atoms with E-state index in [0.29, 0.717) is 18.4 Å². The largest absolute Gasteiger partial charge is 0.461 e. The molecule has 2 aliphatic carbocycles. The summed E-state index contributed by atoms with van der Waals surface area (Å²) >= 11 is 0. The summed E-state index contributed by atoms with van der Waals surface area (Å²) in [6, 6.07) is 0. The van der Waals surface area contributed by atoms with Crippen molar-refractivity contribution in [1.29, 1.82) is 0 Å². The third-order valence-corrected chi connectivity index (χ3v) is 6.50. The van der Waals surface area contributed by atoms with E-state index in [2.05, 4.69) is 0 Å². The molecule has 3 aliphatic rings. The molecule has 0 aromatic rings. The minimum Gasteiger partial charge on any atom is -0.461 e. The second-order valence-electron chi connectivity index (χ2n) is 8.12. The van der Waals surface area contributed by atoms with Crippen LogP contribution in [0.25, 0.3) is 0 Å². The highest BCUT2D eigenvalue weighted by atomic mass is 16.6. The predicted molar refractivity (Wildman–Crippen MR) is 93.9 cm³/mol. The van der Waals surface area contributed by atoms with E-state index < -0.39 is 41.7 Å². The molecule has 1 saturated carbocycles. The zero-order valence-corrected chi connectivity index (χ0v) is 16.0. The van der Waals surface area contributed by atoms with Gasteiger partial charge in [0.25, 0.3) is 0 Å². The fourth-order valence-corrected chi connectivity index (χ4v) is 4.70. The zero-order chi connectivity index (χ0) is 19.4. The minimum absolute atomic E-state index is 0.340. The Labute approximate surface area is 153 Å². The summed E-state index contributed by atoms with van der Waals surface area (Å²) in [7, 11) is 0. The third kappa shape index (κ3) is 2.79. The molecule has 0 aromatic carbocycles. The van der Waals surface area contributed by atoms with Crippen LogP contribution in [0.2, 0.25) is 0 Å². The zero-order valence-electron chi connectivity index (χ0n) is 16.0. The van der Waals surface area contributed by atoms with Gasteiger partial charge < -0.3 is 19.7 Å². The maximum Gasteiger partial charge on any atom is 0.333 e. The lowest BCUT2D eigenvalue weighted by Gasteiger charge is -2.35. The molecule has 6 heteroatoms. The fourth-order valence-electron chi connectivity index (χ4n) is 4.70. The monoisotopic (exact) mass is 364 g/mol. The van der Waals surface area contributed by atoms with Crippen LogP contribution in [0.15, 0.2) is 22.8 Å². The predicted octanol–water partition coefficient (Wildman–Crippen LogP) is 1.89. The number of aliphatic hydroxyl groups excluding tert-OH is 1. The van der Waals surface area contributed by atoms with Gasteiger partial charge in [-0.3, -0.25) is 4.79 Å². The number of esters is 2. The number of ether oxygens (including phenoxy) is 2. The van der Waals surface area contributed by atoms with Crippen molar-refractivity contribution in [2.24, 2.45) is 17.8 Å². The Morgan fingerprint density at radius 3 is 2.65 bits per heavy atom. The van der Waals surface area contributed by atoms with E-state index in [0.717, 1.165) is 11.1 Å². The standard InChI is InChI=1S/C20H28O6/c1-6-9(2)18(22)25-13-7-10(3)12-8-14(21)20(5,24)16(12)17-15(13)11(4)19(23)26-17/h6,11,13-17,21,24H,7-8H2,1-5H3. The van der Waals surface area contributed by atoms with Crippen molar-refractivity contribution >= 4 is 11.9 Å². The molecule has 2 N–H and O–H groups in total. The number of rotatable bonds is 2. The van der Waals surface area contributed by atoms with Crippen LogP contribution in [0.3, 0.4) is 0 Å². The van der Waals surface area contributed by atoms with Crippen LogP contribution < -0.4 is 0 Å². The van der Waals surface area contributed by atoms with E-state index in [9.17, 15) is 19.8 Å². The van der Waals surface area contributed by atoms with Gasteiger partial charge in [0.15, 0.2) is 0 Å². The molecule has 26 heavy (non-hydrogen) atoms. The molecule has 0 amide bonds. The number of carbonyl (C=O) groups excluding carboxylic acids is 2. The van der Waals surface area contributed by atoms with Crippen molar-refractivity contribution in [1.82, 2.24) is 0 Å². The van der Waals surface area contributed by atoms with Gasteiger partial charge in [-0.25, -0.2) is 4.79 Å². The first kappa shape index (κ1) is 19.1. The summed E-state index contributed by atoms with van der Waals surface area (Å²) in [5, 5.41) is 21.3. The molecule has 2 fully saturated rings. The second kappa shape index (κ2) is 6.50. The van der Waals surface area contributed by atoms with Gasteiger partial charge >= 0.3 is 11.9 Å². The molecule has 1 heterocycles. The highest BCUT2D eigenvalue weighted by molar-refractivity contribution is 5.87. The molecular formula is C20H28O6. The Morgan fingerprint density at radius 1 is 1.38 bits per heavy atom. The summed E-state index contributed by atoms with van der Waals surface area (Å²) in [6.45, 7) is 8.77. The van der Waals surface area contributed by atoms with Gasteiger partial charge in [-0.1, -0.05) is 24.1 Å². The van der Waals surface area contributed by atoms with Gasteiger partial charge in [0, 0.05) is 23.8 Å². The summed E-state index contributed by atoms with van der Waals surface area (Å²) in [5.74, 6) is -2.03. The Bertz CT molecular complexity index is 688. The average Bonchev–Trinajstić information content (AvgIpc) is 2.94. The first-order valence-electron chi connectivity index (χ1n) is 9.22. The van der Waals surface area contributed by atoms with Crippen molar-refractivity contribution < 1.29 is 29.3 Å². The fraction of sp³-hybridized carbons (Fsp3) is 0.700. The number of fused-ring (bicyclic) bond motifs is 3. The van der Waals surface area contributed by atoms with Gasteiger partial charge in [-0.05, 0) is 34.1 Å². The van der Waals surface area contributed by atoms with E-state index in [1.165, 1.54) is 0 Å². The van der Waals surface area contributed by atoms with E-state index in [1.54, 1.807) is 33.8 Å². The van der Waals surface area contributed by atoms with Gasteiger partial charge in [0.1, 0.15) is 12.2 Å². The van der Waals surface area contributed by atoms with Crippen molar-refractivity contribution in [3.8, 4) is 0 Å². The van der Waals surface area contributed by atoms with Crippen molar-refractivity contribution in [3.63, 3.8) is 0 Å². The van der Waals surface area contributed by atoms with Gasteiger partial charge in [0.05, 0.1) is 17.6 Å². The number of aliphatic hydroxyl groups is 2. The van der Waals surface area contributed by atoms with E-state index in [1.807, 2.05) is 6.92 Å². The summed E-state index contributed by atoms with van der Waals surface area (Å²) < 4.78 is 11.4. The molecule has 1 aliphatic heterocycles. The summed E-state index contributed by atoms with van der Waals surface area (Å²) in [6.07, 6.45) is 0.484. The van der Waals surface area contributed by atoms with Gasteiger partial charge in [-0.15, -0.1) is 0 Å². The highest BCUT2D eigenvalue weighted by Crippen LogP contribution is 2.53. The number of hydrogen-bond acceptors (Lipinski definition) is 6. The maximum atomic E-state index is 12.3. The van der Waals surface area contributed by atoms with Crippen LogP contribution in [0.1, 0.15) is 47.5 Å². The van der Waals surface area contributed by atoms with Crippen molar-refractivity contribution in [3.05, 3.63) is 22.8 Å². The van der Waals surface area contributed by atoms with Crippen LogP contribution >= 0.6 is 0 Å². The van der Waals surface area contributed by atoms with Gasteiger partial charge in [-0.2, -0.15) is 0 Å². The quantitative estimate of drug-likeness (QED) is 0.442. The van der Waals surface area contributed by atoms with Crippen LogP contribution in [-0.4, -0.2) is 46.1 Å². The summed E-state index contributed by atoms with van der Waals surface area (Å²) in [4.78, 5) is 24.6. The lowest BCUT2D eigenvalue weighted by molar-refractivity contribution is -0.153. The first-order chi connectivity index (χ1) is 12.1. The SMILES string of the molecule is CC=C(C)C(=O)OC1CC(C)=C2CC(O)C(C)(O)C2C2OC(=O)C(C)C12. The van der Waals surface area contributed by atoms with Gasteiger partial charge in [0.2, 0.25) is 0 Å². The van der Waals surface area contributed by atoms with Crippen LogP contribution in [0.5, 0.6) is 0 Å². The minimum atomic E-state index is -1.39. The van der Waals surface area contributed by atoms with E-state index in [-0.39, 0.29) is 11.9 Å². The smallest absolute Gasteiger partial charge is 0.333 e. The normalized spacial score (nSPS) is 42.9. The molecule has 144 valence electrons. The number of hydrogen-bond donors (Lipinski definition) is 2. The lowest BCUT2D eigenvalue weighted by atomic mass is 9.76. The molecule has 7 atom stereocenters. The molecule has 0 radical (unpaired) electrons. The number of allylic oxidation sites excluding steroid dienone is 1. The lowest BCUT2D eigenvalue weighted by Crippen LogP contribution is -2.48. The van der Waals surface area contributed by atoms with E-state index >= 15 is 0 Å². The maximum absolute atomic E-state index is 12.3. The Hall–Kier alpha value is -1.66. The van der Waals surface area contributed by atoms with Crippen LogP contribution in [0.4, 0.5) is 0 Å². The van der Waals surface area contributed by atoms with Crippen molar-refractivity contribution in [2.75, 3.05) is 0 Å². The molecule has 0 aromatic heterocycles. The molecule has 0 bridgehead atoms. The van der Waals surface area contributed by atoms with Crippen molar-refractivity contribution in [2.45, 2.75) is 71.4 Å². The molecule has 3 rings (SSSR count). The molecule has 6 nitrogen and oxygen atoms in total. The third-order valence-electron chi connectivity index (χ3n) is 6.50. The highest BCUT2D eigenvalue weighted by Gasteiger charge is 2.61. The molecule has 0 spiro atoms. The summed E-state index contributed by atoms with van der Waals surface area (Å²) in [5.41, 5.74) is 1.03. The topological polar surface area (TPSA) is 93.1 Å². The second-order valence-corrected chi connectivity index (χ2v) is 8.12.